The number of nitrogens with zero attached hydrogens (tertiary/aromatic N) is 2. The molecule has 0 aliphatic carbocycles. The van der Waals surface area contributed by atoms with Crippen molar-refractivity contribution in [2.75, 3.05) is 38.3 Å². The van der Waals surface area contributed by atoms with Crippen molar-refractivity contribution in [2.24, 2.45) is 0 Å². The van der Waals surface area contributed by atoms with E-state index in [1.807, 2.05) is 36.4 Å². The zero-order valence-electron chi connectivity index (χ0n) is 15.6. The monoisotopic (exact) mass is 370 g/mol. The van der Waals surface area contributed by atoms with E-state index in [1.54, 1.807) is 13.3 Å². The molecule has 1 aliphatic heterocycles. The van der Waals surface area contributed by atoms with Crippen LogP contribution in [0.15, 0.2) is 42.6 Å². The number of ether oxygens (including phenoxy) is 2. The quantitative estimate of drug-likeness (QED) is 0.780. The Morgan fingerprint density at radius 1 is 1.07 bits per heavy atom. The molecule has 0 bridgehead atoms. The van der Waals surface area contributed by atoms with Gasteiger partial charge < -0.3 is 25.0 Å². The number of carbonyl (C=O) groups is 1. The Morgan fingerprint density at radius 3 is 2.48 bits per heavy atom. The van der Waals surface area contributed by atoms with Crippen molar-refractivity contribution in [1.29, 1.82) is 0 Å². The molecule has 7 nitrogen and oxygen atoms in total. The van der Waals surface area contributed by atoms with Crippen LogP contribution in [0.25, 0.3) is 0 Å². The van der Waals surface area contributed by atoms with Crippen molar-refractivity contribution < 1.29 is 14.3 Å². The Labute approximate surface area is 159 Å². The highest BCUT2D eigenvalue weighted by molar-refractivity contribution is 5.74. The molecule has 7 heteroatoms. The molecule has 0 saturated carbocycles. The van der Waals surface area contributed by atoms with Crippen LogP contribution in [0.2, 0.25) is 0 Å². The Bertz CT molecular complexity index is 748. The number of morpholine rings is 1. The van der Waals surface area contributed by atoms with Gasteiger partial charge in [0.1, 0.15) is 5.82 Å². The summed E-state index contributed by atoms with van der Waals surface area (Å²) in [4.78, 5) is 18.9. The van der Waals surface area contributed by atoms with Gasteiger partial charge in [0.05, 0.1) is 19.8 Å². The van der Waals surface area contributed by atoms with Crippen molar-refractivity contribution >= 4 is 11.8 Å². The molecule has 1 aliphatic rings. The van der Waals surface area contributed by atoms with Gasteiger partial charge in [0.15, 0.2) is 0 Å². The fourth-order valence-corrected chi connectivity index (χ4v) is 3.07. The van der Waals surface area contributed by atoms with E-state index in [2.05, 4.69) is 20.5 Å². The number of anilines is 1. The number of pyridine rings is 1. The molecule has 0 atom stereocenters. The molecule has 2 heterocycles. The maximum Gasteiger partial charge on any atom is 0.315 e. The minimum absolute atomic E-state index is 0.209. The van der Waals surface area contributed by atoms with Crippen molar-refractivity contribution in [3.63, 3.8) is 0 Å². The summed E-state index contributed by atoms with van der Waals surface area (Å²) in [5, 5.41) is 5.83. The van der Waals surface area contributed by atoms with Gasteiger partial charge in [0.2, 0.25) is 0 Å². The maximum atomic E-state index is 12.2. The van der Waals surface area contributed by atoms with Gasteiger partial charge in [-0.1, -0.05) is 30.3 Å². The number of urea groups is 1. The Kier molecular flexibility index (Phi) is 7.01. The summed E-state index contributed by atoms with van der Waals surface area (Å²) in [5.74, 6) is 0.909. The first-order chi connectivity index (χ1) is 13.3. The second-order valence-corrected chi connectivity index (χ2v) is 6.32. The summed E-state index contributed by atoms with van der Waals surface area (Å²) in [7, 11) is 1.66. The van der Waals surface area contributed by atoms with Gasteiger partial charge in [-0.3, -0.25) is 0 Å². The molecule has 0 unspecified atom stereocenters. The molecule has 144 valence electrons. The van der Waals surface area contributed by atoms with Gasteiger partial charge >= 0.3 is 6.03 Å². The van der Waals surface area contributed by atoms with Crippen LogP contribution in [0.1, 0.15) is 16.7 Å². The molecule has 2 amide bonds. The number of benzene rings is 1. The molecule has 0 spiro atoms. The number of hydrogen-bond donors (Lipinski definition) is 2. The Balaban J connectivity index is 1.54. The second kappa shape index (κ2) is 9.89. The van der Waals surface area contributed by atoms with E-state index in [4.69, 9.17) is 9.47 Å². The van der Waals surface area contributed by atoms with Crippen LogP contribution < -0.4 is 15.5 Å². The van der Waals surface area contributed by atoms with Crippen LogP contribution in [0.5, 0.6) is 0 Å². The van der Waals surface area contributed by atoms with Crippen LogP contribution in [0.3, 0.4) is 0 Å². The number of rotatable bonds is 7. The minimum atomic E-state index is -0.209. The summed E-state index contributed by atoms with van der Waals surface area (Å²) >= 11 is 0. The zero-order valence-corrected chi connectivity index (χ0v) is 15.6. The fourth-order valence-electron chi connectivity index (χ4n) is 3.07. The standard InChI is InChI=1S/C20H26N4O3/c1-26-15-18-6-3-2-5-16(18)13-22-20(25)23-14-17-7-4-8-21-19(17)24-9-11-27-12-10-24/h2-8H,9-15H2,1H3,(H2,22,23,25). The lowest BCUT2D eigenvalue weighted by atomic mass is 10.1. The van der Waals surface area contributed by atoms with E-state index in [9.17, 15) is 4.79 Å². The highest BCUT2D eigenvalue weighted by Gasteiger charge is 2.16. The molecular weight excluding hydrogens is 344 g/mol. The Morgan fingerprint density at radius 2 is 1.74 bits per heavy atom. The maximum absolute atomic E-state index is 12.2. The lowest BCUT2D eigenvalue weighted by molar-refractivity contribution is 0.122. The normalized spacial score (nSPS) is 14.0. The molecule has 1 fully saturated rings. The summed E-state index contributed by atoms with van der Waals surface area (Å²) in [5.41, 5.74) is 3.11. The van der Waals surface area contributed by atoms with E-state index in [1.165, 1.54) is 0 Å². The Hall–Kier alpha value is -2.64. The van der Waals surface area contributed by atoms with E-state index >= 15 is 0 Å². The van der Waals surface area contributed by atoms with Crippen molar-refractivity contribution in [3.05, 3.63) is 59.3 Å². The first-order valence-corrected chi connectivity index (χ1v) is 9.12. The smallest absolute Gasteiger partial charge is 0.315 e. The largest absolute Gasteiger partial charge is 0.380 e. The van der Waals surface area contributed by atoms with Crippen LogP contribution in [0.4, 0.5) is 10.6 Å². The van der Waals surface area contributed by atoms with Gasteiger partial charge in [-0.15, -0.1) is 0 Å². The lowest BCUT2D eigenvalue weighted by Gasteiger charge is -2.29. The van der Waals surface area contributed by atoms with Crippen molar-refractivity contribution in [1.82, 2.24) is 15.6 Å². The molecule has 1 saturated heterocycles. The molecule has 2 N–H and O–H groups in total. The average Bonchev–Trinajstić information content (AvgIpc) is 2.73. The molecule has 3 rings (SSSR count). The first kappa shape index (κ1) is 19.1. The third-order valence-corrected chi connectivity index (χ3v) is 4.48. The van der Waals surface area contributed by atoms with Gasteiger partial charge in [0, 0.05) is 45.0 Å². The van der Waals surface area contributed by atoms with Crippen molar-refractivity contribution in [2.45, 2.75) is 19.7 Å². The number of amides is 2. The summed E-state index contributed by atoms with van der Waals surface area (Å²) in [6.45, 7) is 4.42. The third-order valence-electron chi connectivity index (χ3n) is 4.48. The molecule has 1 aromatic heterocycles. The fraction of sp³-hybridized carbons (Fsp3) is 0.400. The highest BCUT2D eigenvalue weighted by atomic mass is 16.5. The molecule has 2 aromatic rings. The van der Waals surface area contributed by atoms with E-state index in [-0.39, 0.29) is 6.03 Å². The first-order valence-electron chi connectivity index (χ1n) is 9.12. The molecule has 0 radical (unpaired) electrons. The third kappa shape index (κ3) is 5.42. The molecular formula is C20H26N4O3. The van der Waals surface area contributed by atoms with Gasteiger partial charge in [-0.05, 0) is 17.2 Å². The topological polar surface area (TPSA) is 75.7 Å². The van der Waals surface area contributed by atoms with Gasteiger partial charge in [-0.25, -0.2) is 9.78 Å². The molecule has 1 aromatic carbocycles. The number of aromatic nitrogens is 1. The number of nitrogens with one attached hydrogen (secondary N) is 2. The second-order valence-electron chi connectivity index (χ2n) is 6.32. The summed E-state index contributed by atoms with van der Waals surface area (Å²) in [6.07, 6.45) is 1.78. The summed E-state index contributed by atoms with van der Waals surface area (Å²) < 4.78 is 10.6. The van der Waals surface area contributed by atoms with E-state index in [0.717, 1.165) is 35.6 Å². The minimum Gasteiger partial charge on any atom is -0.380 e. The van der Waals surface area contributed by atoms with Crippen LogP contribution in [0, 0.1) is 0 Å². The molecule has 27 heavy (non-hydrogen) atoms. The van der Waals surface area contributed by atoms with Crippen LogP contribution in [-0.2, 0) is 29.2 Å². The average molecular weight is 370 g/mol. The predicted octanol–water partition coefficient (Wildman–Crippen LogP) is 2.06. The van der Waals surface area contributed by atoms with Crippen molar-refractivity contribution in [3.8, 4) is 0 Å². The van der Waals surface area contributed by atoms with Gasteiger partial charge in [-0.2, -0.15) is 0 Å². The highest BCUT2D eigenvalue weighted by Crippen LogP contribution is 2.18. The van der Waals surface area contributed by atoms with Crippen LogP contribution in [-0.4, -0.2) is 44.4 Å². The zero-order chi connectivity index (χ0) is 18.9. The van der Waals surface area contributed by atoms with Gasteiger partial charge in [0.25, 0.3) is 0 Å². The van der Waals surface area contributed by atoms with Crippen LogP contribution >= 0.6 is 0 Å². The number of hydrogen-bond acceptors (Lipinski definition) is 5. The van der Waals surface area contributed by atoms with E-state index in [0.29, 0.717) is 32.9 Å². The predicted molar refractivity (Wildman–Crippen MR) is 103 cm³/mol. The number of methoxy groups -OCH3 is 1. The van der Waals surface area contributed by atoms with E-state index < -0.39 is 0 Å². The lowest BCUT2D eigenvalue weighted by Crippen LogP contribution is -2.38. The summed E-state index contributed by atoms with van der Waals surface area (Å²) in [6, 6.07) is 11.6. The number of carbonyl (C=O) groups excluding carboxylic acids is 1. The SMILES string of the molecule is COCc1ccccc1CNC(=O)NCc1cccnc1N1CCOCC1.